The van der Waals surface area contributed by atoms with E-state index in [-0.39, 0.29) is 11.3 Å². The summed E-state index contributed by atoms with van der Waals surface area (Å²) in [5.41, 5.74) is 8.46. The quantitative estimate of drug-likeness (QED) is 0.516. The van der Waals surface area contributed by atoms with Crippen molar-refractivity contribution in [2.45, 2.75) is 13.1 Å². The summed E-state index contributed by atoms with van der Waals surface area (Å²) in [6.45, 7) is 1.51. The molecular weight excluding hydrogens is 307 g/mol. The first-order valence-electron chi connectivity index (χ1n) is 6.65. The summed E-state index contributed by atoms with van der Waals surface area (Å²) < 4.78 is 38.0. The van der Waals surface area contributed by atoms with Gasteiger partial charge in [-0.3, -0.25) is 4.79 Å². The molecule has 120 valence electrons. The Morgan fingerprint density at radius 2 is 1.74 bits per heavy atom. The van der Waals surface area contributed by atoms with Gasteiger partial charge in [0.2, 0.25) is 0 Å². The number of halogens is 3. The summed E-state index contributed by atoms with van der Waals surface area (Å²) in [6, 6.07) is 10.9. The molecule has 4 nitrogen and oxygen atoms in total. The highest BCUT2D eigenvalue weighted by atomic mass is 19.4. The molecule has 0 aliphatic rings. The van der Waals surface area contributed by atoms with E-state index in [2.05, 4.69) is 10.5 Å². The van der Waals surface area contributed by atoms with Gasteiger partial charge in [0.25, 0.3) is 5.91 Å². The molecule has 2 aromatic carbocycles. The molecule has 0 radical (unpaired) electrons. The molecule has 0 fully saturated rings. The van der Waals surface area contributed by atoms with Crippen LogP contribution in [0.15, 0.2) is 53.6 Å². The summed E-state index contributed by atoms with van der Waals surface area (Å²) in [5.74, 6) is -0.476. The Balaban J connectivity index is 2.14. The number of hydrogen-bond donors (Lipinski definition) is 2. The Hall–Kier alpha value is -2.83. The third-order valence-corrected chi connectivity index (χ3v) is 3.11. The van der Waals surface area contributed by atoms with Crippen LogP contribution in [-0.4, -0.2) is 11.6 Å². The average Bonchev–Trinajstić information content (AvgIpc) is 2.52. The first-order chi connectivity index (χ1) is 10.8. The summed E-state index contributed by atoms with van der Waals surface area (Å²) in [7, 11) is 0. The van der Waals surface area contributed by atoms with Gasteiger partial charge in [0.15, 0.2) is 0 Å². The predicted octanol–water partition coefficient (Wildman–Crippen LogP) is 3.44. The van der Waals surface area contributed by atoms with Crippen molar-refractivity contribution in [3.63, 3.8) is 0 Å². The molecule has 0 atom stereocenters. The zero-order valence-electron chi connectivity index (χ0n) is 12.2. The predicted molar refractivity (Wildman–Crippen MR) is 82.0 cm³/mol. The summed E-state index contributed by atoms with van der Waals surface area (Å²) in [5, 5.41) is 3.83. The topological polar surface area (TPSA) is 67.5 Å². The van der Waals surface area contributed by atoms with Crippen LogP contribution >= 0.6 is 0 Å². The van der Waals surface area contributed by atoms with Gasteiger partial charge in [-0.15, -0.1) is 0 Å². The number of carbonyl (C=O) groups excluding carboxylic acids is 1. The van der Waals surface area contributed by atoms with Crippen LogP contribution in [0.5, 0.6) is 0 Å². The number of amides is 1. The Morgan fingerprint density at radius 1 is 1.09 bits per heavy atom. The largest absolute Gasteiger partial charge is 0.416 e. The molecule has 0 bridgehead atoms. The van der Waals surface area contributed by atoms with Crippen LogP contribution in [0.1, 0.15) is 28.4 Å². The molecule has 0 spiro atoms. The van der Waals surface area contributed by atoms with Crippen LogP contribution in [-0.2, 0) is 6.18 Å². The van der Waals surface area contributed by atoms with Crippen LogP contribution in [0.4, 0.5) is 18.9 Å². The van der Waals surface area contributed by atoms with E-state index in [4.69, 9.17) is 5.73 Å². The number of rotatable bonds is 3. The van der Waals surface area contributed by atoms with Crippen LogP contribution in [0.3, 0.4) is 0 Å². The lowest BCUT2D eigenvalue weighted by molar-refractivity contribution is -0.137. The van der Waals surface area contributed by atoms with Gasteiger partial charge in [-0.2, -0.15) is 18.3 Å². The normalized spacial score (nSPS) is 12.1. The lowest BCUT2D eigenvalue weighted by atomic mass is 10.1. The van der Waals surface area contributed by atoms with E-state index in [1.807, 2.05) is 0 Å². The van der Waals surface area contributed by atoms with Gasteiger partial charge in [0, 0.05) is 11.3 Å². The molecule has 3 N–H and O–H groups in total. The number of nitrogens with two attached hydrogens (primary N) is 1. The third kappa shape index (κ3) is 4.32. The number of nitrogens with zero attached hydrogens (tertiary/aromatic N) is 1. The molecule has 0 aromatic heterocycles. The van der Waals surface area contributed by atoms with Crippen LogP contribution < -0.4 is 11.2 Å². The minimum atomic E-state index is -4.43. The number of nitrogen functional groups attached to an aromatic ring is 1. The fraction of sp³-hybridized carbons (Fsp3) is 0.125. The lowest BCUT2D eigenvalue weighted by Crippen LogP contribution is -2.19. The zero-order valence-corrected chi connectivity index (χ0v) is 12.2. The highest BCUT2D eigenvalue weighted by Gasteiger charge is 2.30. The number of alkyl halides is 3. The van der Waals surface area contributed by atoms with Gasteiger partial charge in [0.05, 0.1) is 11.3 Å². The fourth-order valence-corrected chi connectivity index (χ4v) is 1.82. The van der Waals surface area contributed by atoms with Gasteiger partial charge < -0.3 is 5.73 Å². The zero-order chi connectivity index (χ0) is 17.0. The maximum absolute atomic E-state index is 12.7. The van der Waals surface area contributed by atoms with E-state index in [1.165, 1.54) is 31.2 Å². The Morgan fingerprint density at radius 3 is 2.35 bits per heavy atom. The average molecular weight is 321 g/mol. The second kappa shape index (κ2) is 6.51. The molecular formula is C16H14F3N3O. The van der Waals surface area contributed by atoms with E-state index in [0.717, 1.165) is 12.1 Å². The van der Waals surface area contributed by atoms with Gasteiger partial charge in [-0.1, -0.05) is 12.1 Å². The SMILES string of the molecule is C/C(=N\NC(=O)c1ccc(N)cc1)c1cccc(C(F)(F)F)c1. The van der Waals surface area contributed by atoms with E-state index < -0.39 is 17.6 Å². The van der Waals surface area contributed by atoms with Gasteiger partial charge in [-0.25, -0.2) is 5.43 Å². The maximum atomic E-state index is 12.7. The number of carbonyl (C=O) groups is 1. The molecule has 23 heavy (non-hydrogen) atoms. The molecule has 2 aromatic rings. The number of hydrogen-bond acceptors (Lipinski definition) is 3. The van der Waals surface area contributed by atoms with E-state index in [0.29, 0.717) is 11.3 Å². The van der Waals surface area contributed by atoms with Gasteiger partial charge >= 0.3 is 6.18 Å². The first kappa shape index (κ1) is 16.5. The Bertz CT molecular complexity index is 737. The van der Waals surface area contributed by atoms with Crippen LogP contribution in [0, 0.1) is 0 Å². The summed E-state index contributed by atoms with van der Waals surface area (Å²) in [4.78, 5) is 11.9. The monoisotopic (exact) mass is 321 g/mol. The van der Waals surface area contributed by atoms with E-state index >= 15 is 0 Å². The highest BCUT2D eigenvalue weighted by Crippen LogP contribution is 2.29. The standard InChI is InChI=1S/C16H14F3N3O/c1-10(12-3-2-4-13(9-12)16(17,18)19)21-22-15(23)11-5-7-14(20)8-6-11/h2-9H,20H2,1H3,(H,22,23)/b21-10+. The molecule has 1 amide bonds. The molecule has 0 unspecified atom stereocenters. The second-order valence-corrected chi connectivity index (χ2v) is 4.84. The van der Waals surface area contributed by atoms with Crippen molar-refractivity contribution in [3.05, 3.63) is 65.2 Å². The minimum absolute atomic E-state index is 0.264. The Kier molecular flexibility index (Phi) is 4.68. The number of anilines is 1. The molecule has 0 heterocycles. The smallest absolute Gasteiger partial charge is 0.399 e. The second-order valence-electron chi connectivity index (χ2n) is 4.84. The van der Waals surface area contributed by atoms with Crippen molar-refractivity contribution in [1.82, 2.24) is 5.43 Å². The number of benzene rings is 2. The summed E-state index contributed by atoms with van der Waals surface area (Å²) >= 11 is 0. The first-order valence-corrected chi connectivity index (χ1v) is 6.65. The molecule has 7 heteroatoms. The van der Waals surface area contributed by atoms with Crippen molar-refractivity contribution in [1.29, 1.82) is 0 Å². The third-order valence-electron chi connectivity index (χ3n) is 3.11. The lowest BCUT2D eigenvalue weighted by Gasteiger charge is -2.08. The van der Waals surface area contributed by atoms with Crippen molar-refractivity contribution >= 4 is 17.3 Å². The summed E-state index contributed by atoms with van der Waals surface area (Å²) in [6.07, 6.45) is -4.43. The van der Waals surface area contributed by atoms with Crippen LogP contribution in [0.25, 0.3) is 0 Å². The van der Waals surface area contributed by atoms with Crippen LogP contribution in [0.2, 0.25) is 0 Å². The van der Waals surface area contributed by atoms with Crippen molar-refractivity contribution in [2.24, 2.45) is 5.10 Å². The number of hydrazone groups is 1. The highest BCUT2D eigenvalue weighted by molar-refractivity contribution is 6.01. The van der Waals surface area contributed by atoms with Gasteiger partial charge in [0.1, 0.15) is 0 Å². The van der Waals surface area contributed by atoms with Crippen molar-refractivity contribution < 1.29 is 18.0 Å². The number of nitrogens with one attached hydrogen (secondary N) is 1. The van der Waals surface area contributed by atoms with Crippen molar-refractivity contribution in [3.8, 4) is 0 Å². The molecule has 2 rings (SSSR count). The van der Waals surface area contributed by atoms with E-state index in [1.54, 1.807) is 12.1 Å². The maximum Gasteiger partial charge on any atom is 0.416 e. The molecule has 0 aliphatic carbocycles. The minimum Gasteiger partial charge on any atom is -0.399 e. The molecule has 0 saturated carbocycles. The molecule has 0 saturated heterocycles. The van der Waals surface area contributed by atoms with Crippen molar-refractivity contribution in [2.75, 3.05) is 5.73 Å². The van der Waals surface area contributed by atoms with E-state index in [9.17, 15) is 18.0 Å². The molecule has 0 aliphatic heterocycles. The Labute approximate surface area is 130 Å². The fourth-order valence-electron chi connectivity index (χ4n) is 1.82. The van der Waals surface area contributed by atoms with Gasteiger partial charge in [-0.05, 0) is 48.9 Å².